The molecule has 1 fully saturated rings. The van der Waals surface area contributed by atoms with Crippen LogP contribution in [0.5, 0.6) is 0 Å². The van der Waals surface area contributed by atoms with Gasteiger partial charge in [0.25, 0.3) is 5.91 Å². The molecule has 1 saturated heterocycles. The number of aromatic nitrogens is 2. The normalized spacial score (nSPS) is 14.3. The number of ether oxygens (including phenoxy) is 1. The van der Waals surface area contributed by atoms with E-state index in [1.165, 1.54) is 6.07 Å². The fourth-order valence-electron chi connectivity index (χ4n) is 3.07. The minimum atomic E-state index is -0.240. The maximum atomic E-state index is 14.0. The molecule has 0 atom stereocenters. The third-order valence-electron chi connectivity index (χ3n) is 4.43. The Morgan fingerprint density at radius 2 is 1.96 bits per heavy atom. The van der Waals surface area contributed by atoms with Gasteiger partial charge < -0.3 is 19.9 Å². The number of aryl methyl sites for hydroxylation is 1. The summed E-state index contributed by atoms with van der Waals surface area (Å²) in [4.78, 5) is 25.1. The van der Waals surface area contributed by atoms with Crippen molar-refractivity contribution >= 4 is 17.4 Å². The monoisotopic (exact) mass is 373 g/mol. The number of carbonyl (C=O) groups is 1. The molecule has 0 spiro atoms. The average molecular weight is 373 g/mol. The van der Waals surface area contributed by atoms with Crippen LogP contribution in [-0.2, 0) is 4.74 Å². The van der Waals surface area contributed by atoms with E-state index in [2.05, 4.69) is 15.3 Å². The zero-order valence-corrected chi connectivity index (χ0v) is 15.6. The van der Waals surface area contributed by atoms with Gasteiger partial charge in [-0.1, -0.05) is 12.1 Å². The first-order valence-corrected chi connectivity index (χ1v) is 8.95. The number of anilines is 2. The number of nitrogens with one attached hydrogen (secondary N) is 1. The Labute approximate surface area is 158 Å². The van der Waals surface area contributed by atoms with Crippen LogP contribution in [0, 0.1) is 12.7 Å². The number of methoxy groups -OCH3 is 1. The van der Waals surface area contributed by atoms with E-state index in [-0.39, 0.29) is 11.7 Å². The van der Waals surface area contributed by atoms with Gasteiger partial charge in [-0.25, -0.2) is 14.4 Å². The summed E-state index contributed by atoms with van der Waals surface area (Å²) in [7, 11) is 1.63. The van der Waals surface area contributed by atoms with Crippen LogP contribution in [0.4, 0.5) is 15.9 Å². The lowest BCUT2D eigenvalue weighted by molar-refractivity contribution is 0.0740. The van der Waals surface area contributed by atoms with E-state index in [4.69, 9.17) is 4.74 Å². The van der Waals surface area contributed by atoms with Crippen LogP contribution in [-0.4, -0.2) is 67.2 Å². The van der Waals surface area contributed by atoms with Crippen molar-refractivity contribution in [2.45, 2.75) is 6.92 Å². The van der Waals surface area contributed by atoms with Crippen molar-refractivity contribution < 1.29 is 13.9 Å². The molecule has 2 heterocycles. The van der Waals surface area contributed by atoms with Gasteiger partial charge in [0.05, 0.1) is 12.3 Å². The number of piperazine rings is 1. The minimum absolute atomic E-state index is 0.136. The van der Waals surface area contributed by atoms with E-state index in [1.807, 2.05) is 11.0 Å². The second kappa shape index (κ2) is 8.77. The maximum absolute atomic E-state index is 14.0. The number of amides is 1. The number of benzene rings is 1. The summed E-state index contributed by atoms with van der Waals surface area (Å²) < 4.78 is 19.0. The molecule has 0 radical (unpaired) electrons. The Morgan fingerprint density at radius 1 is 1.22 bits per heavy atom. The number of hydrogen-bond acceptors (Lipinski definition) is 6. The molecule has 2 aromatic rings. The number of hydrogen-bond donors (Lipinski definition) is 1. The fraction of sp³-hybridized carbons (Fsp3) is 0.421. The molecule has 0 unspecified atom stereocenters. The Kier molecular flexibility index (Phi) is 6.18. The van der Waals surface area contributed by atoms with Gasteiger partial charge in [0.15, 0.2) is 0 Å². The van der Waals surface area contributed by atoms with Crippen molar-refractivity contribution in [3.05, 3.63) is 47.7 Å². The number of para-hydroxylation sites is 1. The van der Waals surface area contributed by atoms with Gasteiger partial charge in [-0.3, -0.25) is 4.79 Å². The van der Waals surface area contributed by atoms with E-state index < -0.39 is 0 Å². The predicted molar refractivity (Wildman–Crippen MR) is 102 cm³/mol. The molecule has 1 aromatic carbocycles. The first-order valence-electron chi connectivity index (χ1n) is 8.95. The van der Waals surface area contributed by atoms with Gasteiger partial charge in [0, 0.05) is 45.9 Å². The van der Waals surface area contributed by atoms with E-state index in [0.717, 1.165) is 0 Å². The molecule has 1 aliphatic rings. The zero-order valence-electron chi connectivity index (χ0n) is 15.6. The lowest BCUT2D eigenvalue weighted by Gasteiger charge is -2.36. The van der Waals surface area contributed by atoms with Gasteiger partial charge >= 0.3 is 0 Å². The van der Waals surface area contributed by atoms with Crippen molar-refractivity contribution in [1.29, 1.82) is 0 Å². The van der Waals surface area contributed by atoms with Crippen LogP contribution in [0.15, 0.2) is 30.3 Å². The van der Waals surface area contributed by atoms with Gasteiger partial charge in [-0.15, -0.1) is 0 Å². The second-order valence-corrected chi connectivity index (χ2v) is 6.34. The molecule has 144 valence electrons. The van der Waals surface area contributed by atoms with Crippen LogP contribution in [0.3, 0.4) is 0 Å². The number of rotatable bonds is 6. The van der Waals surface area contributed by atoms with E-state index >= 15 is 0 Å². The van der Waals surface area contributed by atoms with Crippen LogP contribution in [0.1, 0.15) is 16.3 Å². The summed E-state index contributed by atoms with van der Waals surface area (Å²) in [6, 6.07) is 8.37. The van der Waals surface area contributed by atoms with Crippen molar-refractivity contribution in [3.63, 3.8) is 0 Å². The highest BCUT2D eigenvalue weighted by Gasteiger charge is 2.24. The van der Waals surface area contributed by atoms with Crippen molar-refractivity contribution in [2.24, 2.45) is 0 Å². The van der Waals surface area contributed by atoms with Crippen LogP contribution >= 0.6 is 0 Å². The molecule has 1 amide bonds. The molecule has 3 rings (SSSR count). The molecule has 0 aliphatic carbocycles. The van der Waals surface area contributed by atoms with Gasteiger partial charge in [-0.2, -0.15) is 0 Å². The summed E-state index contributed by atoms with van der Waals surface area (Å²) >= 11 is 0. The quantitative estimate of drug-likeness (QED) is 0.781. The highest BCUT2D eigenvalue weighted by atomic mass is 19.1. The summed E-state index contributed by atoms with van der Waals surface area (Å²) in [5.74, 6) is 0.762. The molecule has 1 N–H and O–H groups in total. The number of halogens is 1. The van der Waals surface area contributed by atoms with E-state index in [0.29, 0.717) is 62.4 Å². The van der Waals surface area contributed by atoms with E-state index in [1.54, 1.807) is 37.1 Å². The summed E-state index contributed by atoms with van der Waals surface area (Å²) in [6.07, 6.45) is 0. The van der Waals surface area contributed by atoms with Crippen LogP contribution in [0.25, 0.3) is 0 Å². The lowest BCUT2D eigenvalue weighted by Crippen LogP contribution is -2.49. The van der Waals surface area contributed by atoms with Crippen LogP contribution in [0.2, 0.25) is 0 Å². The largest absolute Gasteiger partial charge is 0.383 e. The summed E-state index contributed by atoms with van der Waals surface area (Å²) in [5.41, 5.74) is 0.939. The van der Waals surface area contributed by atoms with E-state index in [9.17, 15) is 9.18 Å². The SMILES string of the molecule is COCCNc1cc(C(=O)N2CCN(c3ccccc3F)CC2)nc(C)n1. The molecule has 0 saturated carbocycles. The second-order valence-electron chi connectivity index (χ2n) is 6.34. The molecule has 0 bridgehead atoms. The van der Waals surface area contributed by atoms with Crippen molar-refractivity contribution in [1.82, 2.24) is 14.9 Å². The third-order valence-corrected chi connectivity index (χ3v) is 4.43. The highest BCUT2D eigenvalue weighted by molar-refractivity contribution is 5.93. The average Bonchev–Trinajstić information content (AvgIpc) is 2.68. The zero-order chi connectivity index (χ0) is 19.2. The molecule has 8 heteroatoms. The molecule has 27 heavy (non-hydrogen) atoms. The van der Waals surface area contributed by atoms with Crippen LogP contribution < -0.4 is 10.2 Å². The Hall–Kier alpha value is -2.74. The first-order chi connectivity index (χ1) is 13.1. The topological polar surface area (TPSA) is 70.6 Å². The molecule has 1 aromatic heterocycles. The fourth-order valence-corrected chi connectivity index (χ4v) is 3.07. The highest BCUT2D eigenvalue weighted by Crippen LogP contribution is 2.21. The molecule has 1 aliphatic heterocycles. The number of nitrogens with zero attached hydrogens (tertiary/aromatic N) is 4. The minimum Gasteiger partial charge on any atom is -0.383 e. The molecular weight excluding hydrogens is 349 g/mol. The lowest BCUT2D eigenvalue weighted by atomic mass is 10.2. The van der Waals surface area contributed by atoms with Crippen molar-refractivity contribution in [3.8, 4) is 0 Å². The van der Waals surface area contributed by atoms with Gasteiger partial charge in [-0.05, 0) is 19.1 Å². The Balaban J connectivity index is 1.64. The van der Waals surface area contributed by atoms with Gasteiger partial charge in [0.2, 0.25) is 0 Å². The molecular formula is C19H24FN5O2. The Bertz CT molecular complexity index is 793. The standard InChI is InChI=1S/C19H24FN5O2/c1-14-22-16(13-18(23-14)21-7-12-27-2)19(26)25-10-8-24(9-11-25)17-6-4-3-5-15(17)20/h3-6,13H,7-12H2,1-2H3,(H,21,22,23). The summed E-state index contributed by atoms with van der Waals surface area (Å²) in [5, 5.41) is 3.12. The number of carbonyl (C=O) groups excluding carboxylic acids is 1. The maximum Gasteiger partial charge on any atom is 0.272 e. The van der Waals surface area contributed by atoms with Crippen molar-refractivity contribution in [2.75, 3.05) is 56.7 Å². The smallest absolute Gasteiger partial charge is 0.272 e. The Morgan fingerprint density at radius 3 is 2.67 bits per heavy atom. The predicted octanol–water partition coefficient (Wildman–Crippen LogP) is 1.94. The summed E-state index contributed by atoms with van der Waals surface area (Å²) in [6.45, 7) is 5.09. The first kappa shape index (κ1) is 19.0. The third kappa shape index (κ3) is 4.71. The molecule has 7 nitrogen and oxygen atoms in total. The van der Waals surface area contributed by atoms with Gasteiger partial charge in [0.1, 0.15) is 23.2 Å².